The van der Waals surface area contributed by atoms with Gasteiger partial charge in [-0.25, -0.2) is 0 Å². The minimum Gasteiger partial charge on any atom is -0.334 e. The van der Waals surface area contributed by atoms with Gasteiger partial charge in [0.25, 0.3) is 5.91 Å². The second-order valence-corrected chi connectivity index (χ2v) is 5.49. The van der Waals surface area contributed by atoms with Gasteiger partial charge in [0.1, 0.15) is 0 Å². The van der Waals surface area contributed by atoms with Gasteiger partial charge < -0.3 is 4.90 Å². The van der Waals surface area contributed by atoms with Gasteiger partial charge in [0.15, 0.2) is 0 Å². The highest BCUT2D eigenvalue weighted by Crippen LogP contribution is 2.26. The van der Waals surface area contributed by atoms with Gasteiger partial charge >= 0.3 is 0 Å². The van der Waals surface area contributed by atoms with Crippen LogP contribution in [0.1, 0.15) is 28.8 Å². The van der Waals surface area contributed by atoms with Crippen molar-refractivity contribution in [2.24, 2.45) is 0 Å². The van der Waals surface area contributed by atoms with Gasteiger partial charge in [0, 0.05) is 22.9 Å². The van der Waals surface area contributed by atoms with E-state index < -0.39 is 0 Å². The lowest BCUT2D eigenvalue weighted by molar-refractivity contribution is 0.0748. The fraction of sp³-hybridized carbons (Fsp3) is 0.462. The Hall–Kier alpha value is -0.540. The van der Waals surface area contributed by atoms with Crippen molar-refractivity contribution in [3.63, 3.8) is 0 Å². The number of halogens is 2. The Labute approximate surface area is 115 Å². The molecule has 17 heavy (non-hydrogen) atoms. The predicted molar refractivity (Wildman–Crippen MR) is 73.7 cm³/mol. The highest BCUT2D eigenvalue weighted by atomic mass is 79.9. The minimum absolute atomic E-state index is 0.0868. The summed E-state index contributed by atoms with van der Waals surface area (Å²) in [4.78, 5) is 14.3. The lowest BCUT2D eigenvalue weighted by atomic mass is 10.1. The van der Waals surface area contributed by atoms with E-state index in [0.29, 0.717) is 5.88 Å². The van der Waals surface area contributed by atoms with Crippen molar-refractivity contribution in [2.75, 3.05) is 12.4 Å². The molecule has 0 aliphatic carbocycles. The molecule has 0 saturated carbocycles. The molecule has 0 radical (unpaired) electrons. The summed E-state index contributed by atoms with van der Waals surface area (Å²) in [6.07, 6.45) is 2.06. The first-order valence-electron chi connectivity index (χ1n) is 5.77. The first-order chi connectivity index (χ1) is 8.15. The van der Waals surface area contributed by atoms with Crippen LogP contribution in [-0.2, 0) is 0 Å². The largest absolute Gasteiger partial charge is 0.334 e. The molecule has 0 spiro atoms. The molecule has 1 saturated heterocycles. The van der Waals surface area contributed by atoms with E-state index in [1.807, 2.05) is 30.0 Å². The molecule has 1 heterocycles. The molecule has 0 aromatic heterocycles. The van der Waals surface area contributed by atoms with E-state index in [-0.39, 0.29) is 11.9 Å². The molecule has 1 atom stereocenters. The van der Waals surface area contributed by atoms with E-state index >= 15 is 0 Å². The van der Waals surface area contributed by atoms with E-state index in [2.05, 4.69) is 15.9 Å². The Morgan fingerprint density at radius 2 is 2.35 bits per heavy atom. The number of aryl methyl sites for hydroxylation is 1. The molecule has 2 rings (SSSR count). The Morgan fingerprint density at radius 1 is 1.59 bits per heavy atom. The van der Waals surface area contributed by atoms with Gasteiger partial charge in [-0.2, -0.15) is 0 Å². The second kappa shape index (κ2) is 5.40. The number of amides is 1. The molecular formula is C13H15BrClNO. The molecule has 1 aromatic rings. The summed E-state index contributed by atoms with van der Waals surface area (Å²) in [7, 11) is 0. The van der Waals surface area contributed by atoms with Crippen molar-refractivity contribution in [2.45, 2.75) is 25.8 Å². The maximum Gasteiger partial charge on any atom is 0.255 e. The smallest absolute Gasteiger partial charge is 0.255 e. The van der Waals surface area contributed by atoms with Crippen LogP contribution in [0.3, 0.4) is 0 Å². The topological polar surface area (TPSA) is 20.3 Å². The molecule has 92 valence electrons. The molecule has 1 aromatic carbocycles. The number of nitrogens with zero attached hydrogens (tertiary/aromatic N) is 1. The first-order valence-corrected chi connectivity index (χ1v) is 7.10. The summed E-state index contributed by atoms with van der Waals surface area (Å²) < 4.78 is 0.894. The van der Waals surface area contributed by atoms with Crippen LogP contribution >= 0.6 is 27.5 Å². The van der Waals surface area contributed by atoms with Crippen LogP contribution in [0.4, 0.5) is 0 Å². The van der Waals surface area contributed by atoms with E-state index in [9.17, 15) is 4.79 Å². The van der Waals surface area contributed by atoms with E-state index in [1.54, 1.807) is 0 Å². The summed E-state index contributed by atoms with van der Waals surface area (Å²) in [5.74, 6) is 0.610. The van der Waals surface area contributed by atoms with Crippen LogP contribution in [-0.4, -0.2) is 29.3 Å². The summed E-state index contributed by atoms with van der Waals surface area (Å²) >= 11 is 9.39. The number of likely N-dealkylation sites (tertiary alicyclic amines) is 1. The summed E-state index contributed by atoms with van der Waals surface area (Å²) in [6, 6.07) is 5.96. The van der Waals surface area contributed by atoms with Gasteiger partial charge in [0.05, 0.1) is 5.56 Å². The zero-order chi connectivity index (χ0) is 12.4. The summed E-state index contributed by atoms with van der Waals surface area (Å²) in [6.45, 7) is 2.81. The number of carbonyl (C=O) groups is 1. The molecule has 1 unspecified atom stereocenters. The minimum atomic E-state index is 0.0868. The molecule has 1 fully saturated rings. The molecule has 0 N–H and O–H groups in total. The first kappa shape index (κ1) is 12.9. The fourth-order valence-corrected chi connectivity index (χ4v) is 2.99. The molecule has 4 heteroatoms. The van der Waals surface area contributed by atoms with Crippen molar-refractivity contribution in [3.05, 3.63) is 33.8 Å². The van der Waals surface area contributed by atoms with Gasteiger partial charge in [-0.3, -0.25) is 4.79 Å². The number of rotatable bonds is 2. The van der Waals surface area contributed by atoms with Crippen LogP contribution in [0.15, 0.2) is 22.7 Å². The molecule has 1 aliphatic rings. The Bertz CT molecular complexity index is 435. The molecule has 1 aliphatic heterocycles. The number of alkyl halides is 1. The highest BCUT2D eigenvalue weighted by molar-refractivity contribution is 9.10. The number of benzene rings is 1. The van der Waals surface area contributed by atoms with Crippen molar-refractivity contribution >= 4 is 33.4 Å². The van der Waals surface area contributed by atoms with Crippen molar-refractivity contribution in [1.82, 2.24) is 4.90 Å². The monoisotopic (exact) mass is 315 g/mol. The normalized spacial score (nSPS) is 19.7. The van der Waals surface area contributed by atoms with Crippen LogP contribution in [0.2, 0.25) is 0 Å². The van der Waals surface area contributed by atoms with E-state index in [1.165, 1.54) is 0 Å². The van der Waals surface area contributed by atoms with Gasteiger partial charge in [-0.05, 0) is 47.3 Å². The molecule has 0 bridgehead atoms. The van der Waals surface area contributed by atoms with E-state index in [0.717, 1.165) is 35.0 Å². The summed E-state index contributed by atoms with van der Waals surface area (Å²) in [5, 5.41) is 0. The van der Waals surface area contributed by atoms with Crippen molar-refractivity contribution < 1.29 is 4.79 Å². The molecule has 2 nitrogen and oxygen atoms in total. The lowest BCUT2D eigenvalue weighted by Gasteiger charge is -2.23. The van der Waals surface area contributed by atoms with Crippen LogP contribution < -0.4 is 0 Å². The third-order valence-electron chi connectivity index (χ3n) is 3.24. The van der Waals surface area contributed by atoms with Crippen molar-refractivity contribution in [1.29, 1.82) is 0 Å². The van der Waals surface area contributed by atoms with E-state index in [4.69, 9.17) is 11.6 Å². The quantitative estimate of drug-likeness (QED) is 0.763. The third-order valence-corrected chi connectivity index (χ3v) is 4.65. The zero-order valence-electron chi connectivity index (χ0n) is 9.75. The molecule has 1 amide bonds. The third kappa shape index (κ3) is 2.50. The average Bonchev–Trinajstić information content (AvgIpc) is 2.80. The van der Waals surface area contributed by atoms with Crippen LogP contribution in [0.5, 0.6) is 0 Å². The highest BCUT2D eigenvalue weighted by Gasteiger charge is 2.29. The fourth-order valence-electron chi connectivity index (χ4n) is 2.23. The maximum absolute atomic E-state index is 12.4. The summed E-state index contributed by atoms with van der Waals surface area (Å²) in [5.41, 5.74) is 1.82. The predicted octanol–water partition coefficient (Wildman–Crippen LogP) is 3.60. The number of carbonyl (C=O) groups excluding carboxylic acids is 1. The lowest BCUT2D eigenvalue weighted by Crippen LogP contribution is -2.36. The number of hydrogen-bond acceptors (Lipinski definition) is 1. The van der Waals surface area contributed by atoms with Crippen LogP contribution in [0, 0.1) is 6.92 Å². The average molecular weight is 317 g/mol. The van der Waals surface area contributed by atoms with Gasteiger partial charge in [-0.15, -0.1) is 11.6 Å². The Kier molecular flexibility index (Phi) is 4.10. The second-order valence-electron chi connectivity index (χ2n) is 4.39. The maximum atomic E-state index is 12.4. The van der Waals surface area contributed by atoms with Crippen LogP contribution in [0.25, 0.3) is 0 Å². The van der Waals surface area contributed by atoms with Crippen molar-refractivity contribution in [3.8, 4) is 0 Å². The van der Waals surface area contributed by atoms with Gasteiger partial charge in [0.2, 0.25) is 0 Å². The standard InChI is InChI=1S/C13H15BrClNO/c1-9-4-2-6-11(12(9)14)13(17)16-7-3-5-10(16)8-15/h2,4,6,10H,3,5,7-8H2,1H3. The number of hydrogen-bond donors (Lipinski definition) is 0. The zero-order valence-corrected chi connectivity index (χ0v) is 12.1. The SMILES string of the molecule is Cc1cccc(C(=O)N2CCCC2CCl)c1Br. The Morgan fingerprint density at radius 3 is 3.06 bits per heavy atom. The van der Waals surface area contributed by atoms with Gasteiger partial charge in [-0.1, -0.05) is 12.1 Å². The Balaban J connectivity index is 2.28. The molecular weight excluding hydrogens is 302 g/mol.